The largest absolute Gasteiger partial charge is 0.396 e. The van der Waals surface area contributed by atoms with Crippen LogP contribution < -0.4 is 5.73 Å². The highest BCUT2D eigenvalue weighted by atomic mass is 19.1. The molecule has 0 fully saturated rings. The third kappa shape index (κ3) is 5.30. The van der Waals surface area contributed by atoms with Crippen molar-refractivity contribution >= 4 is 5.69 Å². The molecule has 0 amide bonds. The Bertz CT molecular complexity index is 606. The number of pyridine rings is 1. The van der Waals surface area contributed by atoms with E-state index in [1.54, 1.807) is 18.5 Å². The normalized spacial score (nSPS) is 12.5. The number of rotatable bonds is 8. The van der Waals surface area contributed by atoms with Gasteiger partial charge in [-0.2, -0.15) is 0 Å². The number of nitrogens with zero attached hydrogens (tertiary/aromatic N) is 2. The number of aliphatic hydroxyl groups excluding tert-OH is 1. The summed E-state index contributed by atoms with van der Waals surface area (Å²) in [5.74, 6) is -0.450. The first-order valence-corrected chi connectivity index (χ1v) is 7.94. The molecule has 0 aliphatic heterocycles. The molecule has 0 aliphatic rings. The van der Waals surface area contributed by atoms with E-state index in [-0.39, 0.29) is 5.69 Å². The lowest BCUT2D eigenvalue weighted by molar-refractivity contribution is 0.144. The molecule has 4 nitrogen and oxygen atoms in total. The molecule has 0 spiro atoms. The van der Waals surface area contributed by atoms with Gasteiger partial charge in [0.05, 0.1) is 11.8 Å². The number of aliphatic hydroxyl groups is 1. The molecule has 0 radical (unpaired) electrons. The Morgan fingerprint density at radius 1 is 1.22 bits per heavy atom. The number of nitrogens with two attached hydrogens (primary N) is 1. The Morgan fingerprint density at radius 2 is 1.96 bits per heavy atom. The van der Waals surface area contributed by atoms with Gasteiger partial charge in [-0.1, -0.05) is 13.0 Å². The molecule has 0 aliphatic carbocycles. The van der Waals surface area contributed by atoms with Gasteiger partial charge in [0.2, 0.25) is 0 Å². The van der Waals surface area contributed by atoms with E-state index in [2.05, 4.69) is 16.8 Å². The van der Waals surface area contributed by atoms with Crippen molar-refractivity contribution in [1.82, 2.24) is 9.88 Å². The minimum atomic E-state index is -0.632. The van der Waals surface area contributed by atoms with Crippen molar-refractivity contribution in [3.8, 4) is 0 Å². The zero-order chi connectivity index (χ0) is 16.7. The Kier molecular flexibility index (Phi) is 6.50. The molecule has 23 heavy (non-hydrogen) atoms. The first-order chi connectivity index (χ1) is 11.1. The summed E-state index contributed by atoms with van der Waals surface area (Å²) in [7, 11) is 0. The number of halogens is 1. The van der Waals surface area contributed by atoms with E-state index in [1.165, 1.54) is 17.7 Å². The SMILES string of the molecule is CCN(CCc1ccncc1)CCC(O)c1ccc(F)c(N)c1. The third-order valence-electron chi connectivity index (χ3n) is 4.04. The summed E-state index contributed by atoms with van der Waals surface area (Å²) in [5.41, 5.74) is 7.54. The van der Waals surface area contributed by atoms with Crippen molar-refractivity contribution in [2.75, 3.05) is 25.4 Å². The number of nitrogen functional groups attached to an aromatic ring is 1. The van der Waals surface area contributed by atoms with Crippen LogP contribution in [0, 0.1) is 5.82 Å². The lowest BCUT2D eigenvalue weighted by atomic mass is 10.1. The lowest BCUT2D eigenvalue weighted by Gasteiger charge is -2.22. The predicted octanol–water partition coefficient (Wildman–Crippen LogP) is 2.79. The number of hydrogen-bond acceptors (Lipinski definition) is 4. The average molecular weight is 317 g/mol. The number of likely N-dealkylation sites (N-methyl/N-ethyl adjacent to an activating group) is 1. The van der Waals surface area contributed by atoms with Crippen LogP contribution >= 0.6 is 0 Å². The third-order valence-corrected chi connectivity index (χ3v) is 4.04. The van der Waals surface area contributed by atoms with E-state index < -0.39 is 11.9 Å². The maximum atomic E-state index is 13.2. The molecule has 3 N–H and O–H groups in total. The topological polar surface area (TPSA) is 62.4 Å². The van der Waals surface area contributed by atoms with Crippen molar-refractivity contribution in [3.05, 3.63) is 59.7 Å². The van der Waals surface area contributed by atoms with E-state index in [4.69, 9.17) is 5.73 Å². The average Bonchev–Trinajstić information content (AvgIpc) is 2.58. The van der Waals surface area contributed by atoms with Crippen LogP contribution in [0.2, 0.25) is 0 Å². The maximum absolute atomic E-state index is 13.2. The summed E-state index contributed by atoms with van der Waals surface area (Å²) in [6.07, 6.45) is 4.52. The van der Waals surface area contributed by atoms with E-state index in [9.17, 15) is 9.50 Å². The molecule has 0 saturated carbocycles. The van der Waals surface area contributed by atoms with Gasteiger partial charge in [-0.3, -0.25) is 4.98 Å². The van der Waals surface area contributed by atoms with E-state index in [0.717, 1.165) is 26.1 Å². The summed E-state index contributed by atoms with van der Waals surface area (Å²) < 4.78 is 13.2. The molecule has 1 unspecified atom stereocenters. The van der Waals surface area contributed by atoms with Crippen LogP contribution in [-0.2, 0) is 6.42 Å². The van der Waals surface area contributed by atoms with E-state index >= 15 is 0 Å². The van der Waals surface area contributed by atoms with E-state index in [0.29, 0.717) is 12.0 Å². The number of hydrogen-bond donors (Lipinski definition) is 2. The zero-order valence-corrected chi connectivity index (χ0v) is 13.5. The van der Waals surface area contributed by atoms with Crippen molar-refractivity contribution in [2.45, 2.75) is 25.9 Å². The van der Waals surface area contributed by atoms with Gasteiger partial charge in [0.15, 0.2) is 0 Å². The first-order valence-electron chi connectivity index (χ1n) is 7.94. The summed E-state index contributed by atoms with van der Waals surface area (Å²) in [6, 6.07) is 8.43. The van der Waals surface area contributed by atoms with Crippen LogP contribution in [-0.4, -0.2) is 34.6 Å². The van der Waals surface area contributed by atoms with Gasteiger partial charge in [-0.05, 0) is 54.8 Å². The van der Waals surface area contributed by atoms with Crippen LogP contribution in [0.25, 0.3) is 0 Å². The monoisotopic (exact) mass is 317 g/mol. The molecule has 0 bridgehead atoms. The summed E-state index contributed by atoms with van der Waals surface area (Å²) in [6.45, 7) is 4.73. The lowest BCUT2D eigenvalue weighted by Crippen LogP contribution is -2.28. The molecule has 2 rings (SSSR count). The minimum absolute atomic E-state index is 0.0755. The molecular formula is C18H24FN3O. The Balaban J connectivity index is 1.83. The second kappa shape index (κ2) is 8.60. The smallest absolute Gasteiger partial charge is 0.146 e. The Morgan fingerprint density at radius 3 is 2.61 bits per heavy atom. The number of aromatic nitrogens is 1. The van der Waals surface area contributed by atoms with Crippen molar-refractivity contribution in [3.63, 3.8) is 0 Å². The van der Waals surface area contributed by atoms with Gasteiger partial charge >= 0.3 is 0 Å². The predicted molar refractivity (Wildman–Crippen MR) is 90.4 cm³/mol. The van der Waals surface area contributed by atoms with Gasteiger partial charge in [0.25, 0.3) is 0 Å². The Hall–Kier alpha value is -1.98. The molecular weight excluding hydrogens is 293 g/mol. The quantitative estimate of drug-likeness (QED) is 0.735. The summed E-state index contributed by atoms with van der Waals surface area (Å²) in [4.78, 5) is 6.30. The summed E-state index contributed by atoms with van der Waals surface area (Å²) >= 11 is 0. The molecule has 124 valence electrons. The molecule has 1 atom stereocenters. The van der Waals surface area contributed by atoms with Gasteiger partial charge < -0.3 is 15.7 Å². The molecule has 1 heterocycles. The van der Waals surface area contributed by atoms with Crippen LogP contribution in [0.4, 0.5) is 10.1 Å². The molecule has 1 aromatic carbocycles. The van der Waals surface area contributed by atoms with E-state index in [1.807, 2.05) is 12.1 Å². The van der Waals surface area contributed by atoms with Crippen molar-refractivity contribution < 1.29 is 9.50 Å². The van der Waals surface area contributed by atoms with Crippen LogP contribution in [0.5, 0.6) is 0 Å². The first kappa shape index (κ1) is 17.4. The fraction of sp³-hybridized carbons (Fsp3) is 0.389. The van der Waals surface area contributed by atoms with Crippen LogP contribution in [0.1, 0.15) is 30.6 Å². The molecule has 1 aromatic heterocycles. The van der Waals surface area contributed by atoms with Crippen molar-refractivity contribution in [1.29, 1.82) is 0 Å². The highest BCUT2D eigenvalue weighted by Gasteiger charge is 2.12. The number of anilines is 1. The highest BCUT2D eigenvalue weighted by Crippen LogP contribution is 2.21. The van der Waals surface area contributed by atoms with Gasteiger partial charge in [0.1, 0.15) is 5.82 Å². The van der Waals surface area contributed by atoms with Crippen LogP contribution in [0.15, 0.2) is 42.7 Å². The van der Waals surface area contributed by atoms with Crippen LogP contribution in [0.3, 0.4) is 0 Å². The molecule has 0 saturated heterocycles. The summed E-state index contributed by atoms with van der Waals surface area (Å²) in [5, 5.41) is 10.3. The zero-order valence-electron chi connectivity index (χ0n) is 13.5. The fourth-order valence-corrected chi connectivity index (χ4v) is 2.51. The Labute approximate surface area is 136 Å². The molecule has 5 heteroatoms. The second-order valence-corrected chi connectivity index (χ2v) is 5.63. The fourth-order valence-electron chi connectivity index (χ4n) is 2.51. The highest BCUT2D eigenvalue weighted by molar-refractivity contribution is 5.43. The minimum Gasteiger partial charge on any atom is -0.396 e. The molecule has 2 aromatic rings. The van der Waals surface area contributed by atoms with Crippen molar-refractivity contribution in [2.24, 2.45) is 0 Å². The van der Waals surface area contributed by atoms with Gasteiger partial charge in [-0.15, -0.1) is 0 Å². The van der Waals surface area contributed by atoms with Gasteiger partial charge in [-0.25, -0.2) is 4.39 Å². The second-order valence-electron chi connectivity index (χ2n) is 5.63. The number of benzene rings is 1. The maximum Gasteiger partial charge on any atom is 0.146 e. The standard InChI is InChI=1S/C18H24FN3O/c1-2-22(11-7-14-5-9-21-10-6-14)12-8-18(23)15-3-4-16(19)17(20)13-15/h3-6,9-10,13,18,23H,2,7-8,11-12,20H2,1H3. The van der Waals surface area contributed by atoms with Gasteiger partial charge in [0, 0.05) is 25.5 Å².